The molecule has 3 N–H and O–H groups in total. The fourth-order valence-electron chi connectivity index (χ4n) is 0.451. The van der Waals surface area contributed by atoms with Crippen LogP contribution < -0.4 is 5.73 Å². The van der Waals surface area contributed by atoms with Gasteiger partial charge in [0.15, 0.2) is 0 Å². The molecule has 0 aromatic rings. The summed E-state index contributed by atoms with van der Waals surface area (Å²) >= 11 is 0. The first-order valence-corrected chi connectivity index (χ1v) is 2.66. The van der Waals surface area contributed by atoms with Crippen LogP contribution in [-0.4, -0.2) is 23.3 Å². The van der Waals surface area contributed by atoms with Crippen LogP contribution >= 0.6 is 0 Å². The van der Waals surface area contributed by atoms with Crippen LogP contribution in [0.15, 0.2) is 0 Å². The summed E-state index contributed by atoms with van der Waals surface area (Å²) in [7, 11) is 0. The van der Waals surface area contributed by atoms with Crippen molar-refractivity contribution in [3.05, 3.63) is 0 Å². The molecule has 0 rings (SSSR count). The molecule has 4 heteroatoms. The average Bonchev–Trinajstić information content (AvgIpc) is 1.63. The molecule has 0 spiro atoms. The second-order valence-electron chi connectivity index (χ2n) is 1.96. The van der Waals surface area contributed by atoms with Gasteiger partial charge in [0, 0.05) is 6.42 Å². The van der Waals surface area contributed by atoms with Crippen LogP contribution in [0.2, 0.25) is 0 Å². The van der Waals surface area contributed by atoms with Crippen LogP contribution in [0.1, 0.15) is 13.3 Å². The average molecular weight is 135 g/mol. The van der Waals surface area contributed by atoms with E-state index in [4.69, 9.17) is 10.8 Å². The highest BCUT2D eigenvalue weighted by atomic mass is 19.1. The Morgan fingerprint density at radius 2 is 2.33 bits per heavy atom. The van der Waals surface area contributed by atoms with Crippen LogP contribution in [0.3, 0.4) is 0 Å². The summed E-state index contributed by atoms with van der Waals surface area (Å²) in [6.07, 6.45) is -1.26. The van der Waals surface area contributed by atoms with Gasteiger partial charge in [0.1, 0.15) is 6.04 Å². The molecule has 1 unspecified atom stereocenters. The summed E-state index contributed by atoms with van der Waals surface area (Å²) in [6.45, 7) is 1.28. The lowest BCUT2D eigenvalue weighted by Gasteiger charge is -2.04. The minimum absolute atomic E-state index is 0.116. The number of aliphatic carboxylic acids is 1. The number of rotatable bonds is 3. The third-order valence-corrected chi connectivity index (χ3v) is 0.896. The van der Waals surface area contributed by atoms with Gasteiger partial charge in [0.25, 0.3) is 0 Å². The Hall–Kier alpha value is -0.640. The van der Waals surface area contributed by atoms with Gasteiger partial charge in [-0.2, -0.15) is 0 Å². The van der Waals surface area contributed by atoms with E-state index in [9.17, 15) is 9.18 Å². The molecule has 0 saturated heterocycles. The van der Waals surface area contributed by atoms with Crippen molar-refractivity contribution < 1.29 is 14.3 Å². The van der Waals surface area contributed by atoms with Crippen molar-refractivity contribution in [1.29, 1.82) is 0 Å². The maximum atomic E-state index is 12.0. The molecule has 54 valence electrons. The normalized spacial score (nSPS) is 16.8. The molecule has 0 aromatic carbocycles. The highest BCUT2D eigenvalue weighted by Crippen LogP contribution is 1.98. The van der Waals surface area contributed by atoms with Crippen molar-refractivity contribution in [1.82, 2.24) is 0 Å². The zero-order chi connectivity index (χ0) is 7.44. The third kappa shape index (κ3) is 3.90. The molecule has 0 fully saturated rings. The molecule has 9 heavy (non-hydrogen) atoms. The van der Waals surface area contributed by atoms with Crippen LogP contribution in [0.25, 0.3) is 0 Å². The van der Waals surface area contributed by atoms with Crippen molar-refractivity contribution in [3.8, 4) is 0 Å². The van der Waals surface area contributed by atoms with Crippen molar-refractivity contribution in [2.45, 2.75) is 25.6 Å². The van der Waals surface area contributed by atoms with Crippen molar-refractivity contribution >= 4 is 5.97 Å². The molecule has 0 heterocycles. The molecule has 0 radical (unpaired) electrons. The van der Waals surface area contributed by atoms with Gasteiger partial charge in [-0.3, -0.25) is 4.79 Å². The fraction of sp³-hybridized carbons (Fsp3) is 0.800. The Morgan fingerprint density at radius 1 is 1.89 bits per heavy atom. The predicted molar refractivity (Wildman–Crippen MR) is 30.8 cm³/mol. The molecule has 2 atom stereocenters. The summed E-state index contributed by atoms with van der Waals surface area (Å²) in [5, 5.41) is 8.14. The Bertz CT molecular complexity index is 105. The number of carbonyl (C=O) groups is 1. The first-order valence-electron chi connectivity index (χ1n) is 2.66. The number of hydrogen-bond donors (Lipinski definition) is 2. The Morgan fingerprint density at radius 3 is 2.44 bits per heavy atom. The molecule has 0 saturated carbocycles. The van der Waals surface area contributed by atoms with E-state index in [0.29, 0.717) is 0 Å². The Balaban J connectivity index is 3.50. The molecule has 0 amide bonds. The molecule has 0 aromatic heterocycles. The van der Waals surface area contributed by atoms with Gasteiger partial charge in [-0.15, -0.1) is 0 Å². The monoisotopic (exact) mass is 135 g/mol. The first kappa shape index (κ1) is 8.36. The van der Waals surface area contributed by atoms with Crippen molar-refractivity contribution in [3.63, 3.8) is 0 Å². The van der Waals surface area contributed by atoms with E-state index in [1.54, 1.807) is 0 Å². The minimum Gasteiger partial charge on any atom is -0.480 e. The first-order chi connectivity index (χ1) is 4.04. The molecule has 0 aliphatic carbocycles. The lowest BCUT2D eigenvalue weighted by molar-refractivity contribution is -0.139. The van der Waals surface area contributed by atoms with E-state index in [2.05, 4.69) is 0 Å². The minimum atomic E-state index is -1.15. The highest BCUT2D eigenvalue weighted by molar-refractivity contribution is 5.73. The lowest BCUT2D eigenvalue weighted by atomic mass is 10.2. The van der Waals surface area contributed by atoms with Crippen LogP contribution in [0.4, 0.5) is 4.39 Å². The molecular weight excluding hydrogens is 125 g/mol. The molecule has 0 bridgehead atoms. The topological polar surface area (TPSA) is 63.3 Å². The smallest absolute Gasteiger partial charge is 0.320 e. The summed E-state index contributed by atoms with van der Waals surface area (Å²) in [4.78, 5) is 9.94. The van der Waals surface area contributed by atoms with Gasteiger partial charge >= 0.3 is 5.97 Å². The number of halogens is 1. The van der Waals surface area contributed by atoms with Gasteiger partial charge in [-0.1, -0.05) is 0 Å². The van der Waals surface area contributed by atoms with Crippen LogP contribution in [0.5, 0.6) is 0 Å². The number of hydrogen-bond acceptors (Lipinski definition) is 2. The Kier molecular flexibility index (Phi) is 3.16. The van der Waals surface area contributed by atoms with Gasteiger partial charge < -0.3 is 10.8 Å². The summed E-state index contributed by atoms with van der Waals surface area (Å²) < 4.78 is 12.0. The zero-order valence-electron chi connectivity index (χ0n) is 5.17. The highest BCUT2D eigenvalue weighted by Gasteiger charge is 2.14. The Labute approximate surface area is 52.7 Å². The van der Waals surface area contributed by atoms with Crippen molar-refractivity contribution in [2.24, 2.45) is 5.73 Å². The van der Waals surface area contributed by atoms with E-state index in [-0.39, 0.29) is 6.42 Å². The largest absolute Gasteiger partial charge is 0.480 e. The van der Waals surface area contributed by atoms with Crippen LogP contribution in [0, 0.1) is 0 Å². The maximum Gasteiger partial charge on any atom is 0.320 e. The zero-order valence-corrected chi connectivity index (χ0v) is 5.17. The standard InChI is InChI=1S/C5H10FNO2/c1-3(6)2-4(7)5(8)9/h3-4H,2,7H2,1H3,(H,8,9)/t3?,4-/m0/s1. The molecule has 0 aliphatic heterocycles. The van der Waals surface area contributed by atoms with Gasteiger partial charge in [0.2, 0.25) is 0 Å². The van der Waals surface area contributed by atoms with Crippen LogP contribution in [-0.2, 0) is 4.79 Å². The summed E-state index contributed by atoms with van der Waals surface area (Å²) in [6, 6.07) is -1.06. The number of carboxylic acids is 1. The molecule has 0 aliphatic rings. The van der Waals surface area contributed by atoms with E-state index in [1.807, 2.05) is 0 Å². The fourth-order valence-corrected chi connectivity index (χ4v) is 0.451. The predicted octanol–water partition coefficient (Wildman–Crippen LogP) is 0.146. The van der Waals surface area contributed by atoms with E-state index < -0.39 is 18.2 Å². The van der Waals surface area contributed by atoms with E-state index >= 15 is 0 Å². The number of carboxylic acid groups (broad SMARTS) is 1. The van der Waals surface area contributed by atoms with E-state index in [0.717, 1.165) is 0 Å². The lowest BCUT2D eigenvalue weighted by Crippen LogP contribution is -2.32. The SMILES string of the molecule is CC(F)C[C@H](N)C(=O)O. The third-order valence-electron chi connectivity index (χ3n) is 0.896. The quantitative estimate of drug-likeness (QED) is 0.578. The number of nitrogens with two attached hydrogens (primary N) is 1. The summed E-state index contributed by atoms with van der Waals surface area (Å²) in [5.41, 5.74) is 4.98. The number of alkyl halides is 1. The summed E-state index contributed by atoms with van der Waals surface area (Å²) in [5.74, 6) is -1.15. The van der Waals surface area contributed by atoms with Gasteiger partial charge in [0.05, 0.1) is 6.17 Å². The van der Waals surface area contributed by atoms with Gasteiger partial charge in [-0.25, -0.2) is 4.39 Å². The second kappa shape index (κ2) is 3.40. The van der Waals surface area contributed by atoms with Crippen molar-refractivity contribution in [2.75, 3.05) is 0 Å². The maximum absolute atomic E-state index is 12.0. The molecular formula is C5H10FNO2. The van der Waals surface area contributed by atoms with E-state index in [1.165, 1.54) is 6.92 Å². The van der Waals surface area contributed by atoms with Gasteiger partial charge in [-0.05, 0) is 6.92 Å². The molecule has 3 nitrogen and oxygen atoms in total. The second-order valence-corrected chi connectivity index (χ2v) is 1.96.